The van der Waals surface area contributed by atoms with Crippen molar-refractivity contribution < 1.29 is 18.2 Å². The van der Waals surface area contributed by atoms with Crippen molar-refractivity contribution in [2.45, 2.75) is 57.7 Å². The second kappa shape index (κ2) is 9.72. The predicted molar refractivity (Wildman–Crippen MR) is 118 cm³/mol. The van der Waals surface area contributed by atoms with E-state index in [1.54, 1.807) is 25.1 Å². The lowest BCUT2D eigenvalue weighted by Gasteiger charge is -2.32. The van der Waals surface area contributed by atoms with Crippen LogP contribution in [0, 0.1) is 11.7 Å². The average Bonchev–Trinajstić information content (AvgIpc) is 3.48. The Morgan fingerprint density at radius 1 is 1.26 bits per heavy atom. The van der Waals surface area contributed by atoms with Crippen molar-refractivity contribution in [1.29, 1.82) is 0 Å². The van der Waals surface area contributed by atoms with Gasteiger partial charge in [0, 0.05) is 43.3 Å². The van der Waals surface area contributed by atoms with Crippen molar-refractivity contribution in [2.75, 3.05) is 25.0 Å². The van der Waals surface area contributed by atoms with E-state index in [4.69, 9.17) is 5.73 Å². The van der Waals surface area contributed by atoms with Crippen LogP contribution in [-0.2, 0) is 20.8 Å². The maximum atomic E-state index is 13.0. The van der Waals surface area contributed by atoms with Gasteiger partial charge in [-0.3, -0.25) is 9.59 Å². The minimum absolute atomic E-state index is 0.212. The Bertz CT molecular complexity index is 831. The zero-order valence-electron chi connectivity index (χ0n) is 18.3. The molecule has 4 N–H and O–H groups in total. The van der Waals surface area contributed by atoms with E-state index in [9.17, 15) is 18.2 Å². The second-order valence-corrected chi connectivity index (χ2v) is 10.2. The summed E-state index contributed by atoms with van der Waals surface area (Å²) in [5, 5.41) is 5.58. The lowest BCUT2D eigenvalue weighted by atomic mass is 10.00. The molecular weight excluding hydrogens is 421 g/mol. The van der Waals surface area contributed by atoms with E-state index < -0.39 is 22.8 Å². The lowest BCUT2D eigenvalue weighted by molar-refractivity contribution is -0.128. The van der Waals surface area contributed by atoms with E-state index in [1.165, 1.54) is 24.3 Å². The Balaban J connectivity index is 1.45. The van der Waals surface area contributed by atoms with Crippen molar-refractivity contribution in [2.24, 2.45) is 11.7 Å². The number of carbonyl (C=O) groups is 2. The standard InChI is InChI=1S/C21H32FN5O3S/c1-14(19(28)25-17-6-4-15(22)5-7-17)12-16(23)13-24-20(29)21(2,3)27-11-10-26(31(27)30)18-8-9-18/h4-7,14,16,18H,8-13,23H2,1-3H3,(H,24,29)(H,25,28). The molecule has 172 valence electrons. The fourth-order valence-corrected chi connectivity index (χ4v) is 5.28. The van der Waals surface area contributed by atoms with Gasteiger partial charge in [0.1, 0.15) is 11.4 Å². The fraction of sp³-hybridized carbons (Fsp3) is 0.619. The van der Waals surface area contributed by atoms with Gasteiger partial charge in [-0.15, -0.1) is 0 Å². The third-order valence-corrected chi connectivity index (χ3v) is 7.68. The van der Waals surface area contributed by atoms with Crippen LogP contribution in [0.5, 0.6) is 0 Å². The minimum atomic E-state index is -1.31. The van der Waals surface area contributed by atoms with Gasteiger partial charge >= 0.3 is 0 Å². The number of anilines is 1. The first-order valence-electron chi connectivity index (χ1n) is 10.7. The van der Waals surface area contributed by atoms with Gasteiger partial charge in [-0.2, -0.15) is 4.31 Å². The Kier molecular flexibility index (Phi) is 7.46. The lowest BCUT2D eigenvalue weighted by Crippen LogP contribution is -2.56. The molecule has 31 heavy (non-hydrogen) atoms. The highest BCUT2D eigenvalue weighted by Gasteiger charge is 2.47. The number of nitrogens with one attached hydrogen (secondary N) is 2. The summed E-state index contributed by atoms with van der Waals surface area (Å²) in [7, 11) is 0. The minimum Gasteiger partial charge on any atom is -0.353 e. The van der Waals surface area contributed by atoms with E-state index in [-0.39, 0.29) is 30.1 Å². The highest BCUT2D eigenvalue weighted by atomic mass is 32.2. The first kappa shape index (κ1) is 23.8. The van der Waals surface area contributed by atoms with Crippen molar-refractivity contribution in [3.8, 4) is 0 Å². The summed E-state index contributed by atoms with van der Waals surface area (Å²) in [6.07, 6.45) is 2.50. The number of benzene rings is 1. The largest absolute Gasteiger partial charge is 0.353 e. The molecule has 2 amide bonds. The zero-order valence-corrected chi connectivity index (χ0v) is 19.1. The van der Waals surface area contributed by atoms with Crippen molar-refractivity contribution >= 4 is 28.7 Å². The number of amides is 2. The Morgan fingerprint density at radius 3 is 2.52 bits per heavy atom. The van der Waals surface area contributed by atoms with E-state index >= 15 is 0 Å². The number of rotatable bonds is 9. The van der Waals surface area contributed by atoms with Crippen LogP contribution in [0.1, 0.15) is 40.0 Å². The third kappa shape index (κ3) is 5.88. The Labute approximate surface area is 185 Å². The molecule has 3 unspecified atom stereocenters. The summed E-state index contributed by atoms with van der Waals surface area (Å²) in [6.45, 7) is 6.78. The molecule has 1 saturated carbocycles. The van der Waals surface area contributed by atoms with Gasteiger partial charge in [0.05, 0.1) is 0 Å². The first-order chi connectivity index (χ1) is 14.6. The van der Waals surface area contributed by atoms with Crippen molar-refractivity contribution in [3.05, 3.63) is 30.1 Å². The molecule has 2 aliphatic rings. The number of halogens is 1. The Hall–Kier alpha value is -1.88. The highest BCUT2D eigenvalue weighted by Crippen LogP contribution is 2.34. The van der Waals surface area contributed by atoms with Crippen LogP contribution >= 0.6 is 0 Å². The number of hydrogen-bond donors (Lipinski definition) is 3. The van der Waals surface area contributed by atoms with Crippen molar-refractivity contribution in [1.82, 2.24) is 13.9 Å². The molecule has 3 atom stereocenters. The molecule has 0 bridgehead atoms. The number of nitrogens with two attached hydrogens (primary N) is 1. The predicted octanol–water partition coefficient (Wildman–Crippen LogP) is 1.37. The van der Waals surface area contributed by atoms with Crippen LogP contribution in [0.15, 0.2) is 24.3 Å². The van der Waals surface area contributed by atoms with E-state index in [2.05, 4.69) is 10.6 Å². The molecule has 1 aromatic rings. The van der Waals surface area contributed by atoms with Gasteiger partial charge in [0.25, 0.3) is 0 Å². The number of nitrogens with zero attached hydrogens (tertiary/aromatic N) is 2. The second-order valence-electron chi connectivity index (χ2n) is 8.87. The molecule has 1 aromatic carbocycles. The first-order valence-corrected chi connectivity index (χ1v) is 11.7. The van der Waals surface area contributed by atoms with Crippen LogP contribution < -0.4 is 16.4 Å². The summed E-state index contributed by atoms with van der Waals surface area (Å²) in [5.41, 5.74) is 5.73. The fourth-order valence-electron chi connectivity index (χ4n) is 3.62. The quantitative estimate of drug-likeness (QED) is 0.525. The topological polar surface area (TPSA) is 108 Å². The summed E-state index contributed by atoms with van der Waals surface area (Å²) in [4.78, 5) is 25.1. The van der Waals surface area contributed by atoms with Crippen LogP contribution in [0.2, 0.25) is 0 Å². The Morgan fingerprint density at radius 2 is 1.90 bits per heavy atom. The molecule has 8 nitrogen and oxygen atoms in total. The molecule has 0 radical (unpaired) electrons. The summed E-state index contributed by atoms with van der Waals surface area (Å²) < 4.78 is 29.4. The van der Waals surface area contributed by atoms with Gasteiger partial charge in [-0.05, 0) is 57.4 Å². The summed E-state index contributed by atoms with van der Waals surface area (Å²) in [5.74, 6) is -1.22. The van der Waals surface area contributed by atoms with Gasteiger partial charge < -0.3 is 16.4 Å². The van der Waals surface area contributed by atoms with Crippen LogP contribution in [-0.4, -0.2) is 61.9 Å². The molecule has 0 spiro atoms. The maximum Gasteiger partial charge on any atom is 0.241 e. The average molecular weight is 454 g/mol. The van der Waals surface area contributed by atoms with E-state index in [0.29, 0.717) is 31.2 Å². The number of carbonyl (C=O) groups excluding carboxylic acids is 2. The van der Waals surface area contributed by atoms with Gasteiger partial charge in [0.15, 0.2) is 11.2 Å². The molecule has 1 heterocycles. The van der Waals surface area contributed by atoms with Gasteiger partial charge in [0.2, 0.25) is 11.8 Å². The highest BCUT2D eigenvalue weighted by molar-refractivity contribution is 7.80. The summed E-state index contributed by atoms with van der Waals surface area (Å²) >= 11 is -1.31. The van der Waals surface area contributed by atoms with E-state index in [1.807, 2.05) is 4.31 Å². The van der Waals surface area contributed by atoms with Crippen LogP contribution in [0.4, 0.5) is 10.1 Å². The summed E-state index contributed by atoms with van der Waals surface area (Å²) in [6, 6.07) is 5.51. The molecule has 1 aliphatic carbocycles. The van der Waals surface area contributed by atoms with Crippen LogP contribution in [0.3, 0.4) is 0 Å². The molecule has 1 aliphatic heterocycles. The molecule has 10 heteroatoms. The zero-order chi connectivity index (χ0) is 22.8. The van der Waals surface area contributed by atoms with Crippen LogP contribution in [0.25, 0.3) is 0 Å². The molecule has 2 fully saturated rings. The smallest absolute Gasteiger partial charge is 0.241 e. The SMILES string of the molecule is CC(CC(N)CNC(=O)C(C)(C)N1CCN(C2CC2)S1=O)C(=O)Nc1ccc(F)cc1. The molecular formula is C21H32FN5O3S. The van der Waals surface area contributed by atoms with Gasteiger partial charge in [-0.1, -0.05) is 6.92 Å². The normalized spacial score (nSPS) is 22.2. The third-order valence-electron chi connectivity index (χ3n) is 5.79. The molecule has 0 aromatic heterocycles. The van der Waals surface area contributed by atoms with E-state index in [0.717, 1.165) is 12.8 Å². The molecule has 3 rings (SSSR count). The number of hydrogen-bond acceptors (Lipinski definition) is 4. The monoisotopic (exact) mass is 453 g/mol. The van der Waals surface area contributed by atoms with Gasteiger partial charge in [-0.25, -0.2) is 12.9 Å². The maximum absolute atomic E-state index is 13.0. The van der Waals surface area contributed by atoms with Crippen molar-refractivity contribution in [3.63, 3.8) is 0 Å². The molecule has 1 saturated heterocycles.